The van der Waals surface area contributed by atoms with E-state index in [9.17, 15) is 9.32 Å². The van der Waals surface area contributed by atoms with E-state index in [2.05, 4.69) is 5.32 Å². The summed E-state index contributed by atoms with van der Waals surface area (Å²) in [5, 5.41) is 13.5. The van der Waals surface area contributed by atoms with Crippen LogP contribution in [0.15, 0.2) is 24.3 Å². The highest BCUT2D eigenvalue weighted by Gasteiger charge is 2.05. The Kier molecular flexibility index (Phi) is 9.05. The van der Waals surface area contributed by atoms with Gasteiger partial charge in [-0.3, -0.25) is 4.21 Å². The fraction of sp³-hybridized carbons (Fsp3) is 0.571. The van der Waals surface area contributed by atoms with Crippen LogP contribution in [0.2, 0.25) is 5.02 Å². The number of aliphatic hydroxyl groups excluding tert-OH is 1. The second kappa shape index (κ2) is 10.3. The third kappa shape index (κ3) is 7.97. The largest absolute Gasteiger partial charge is 0.389 e. The summed E-state index contributed by atoms with van der Waals surface area (Å²) in [5.41, 5.74) is 0.916. The van der Waals surface area contributed by atoms with Gasteiger partial charge in [-0.25, -0.2) is 0 Å². The summed E-state index contributed by atoms with van der Waals surface area (Å²) in [6.45, 7) is 1.88. The maximum atomic E-state index is 10.8. The molecule has 6 heteroatoms. The van der Waals surface area contributed by atoms with Crippen molar-refractivity contribution < 1.29 is 14.1 Å². The van der Waals surface area contributed by atoms with Crippen molar-refractivity contribution in [3.05, 3.63) is 34.9 Å². The molecule has 0 saturated carbocycles. The first-order chi connectivity index (χ1) is 9.59. The molecule has 0 amide bonds. The van der Waals surface area contributed by atoms with Crippen LogP contribution in [-0.2, 0) is 22.1 Å². The molecule has 2 atom stereocenters. The second-order valence-corrected chi connectivity index (χ2v) is 6.56. The molecule has 0 spiro atoms. The maximum Gasteiger partial charge on any atom is 0.0897 e. The molecule has 0 aromatic heterocycles. The first kappa shape index (κ1) is 17.6. The molecule has 0 saturated heterocycles. The number of aliphatic hydroxyl groups is 1. The predicted molar refractivity (Wildman–Crippen MR) is 83.5 cm³/mol. The lowest BCUT2D eigenvalue weighted by atomic mass is 10.2. The molecule has 20 heavy (non-hydrogen) atoms. The zero-order valence-electron chi connectivity index (χ0n) is 11.7. The van der Waals surface area contributed by atoms with E-state index in [4.69, 9.17) is 16.3 Å². The van der Waals surface area contributed by atoms with Gasteiger partial charge in [0.25, 0.3) is 0 Å². The first-order valence-corrected chi connectivity index (χ1v) is 8.70. The molecule has 1 aromatic carbocycles. The Morgan fingerprint density at radius 1 is 1.45 bits per heavy atom. The van der Waals surface area contributed by atoms with Gasteiger partial charge in [0.2, 0.25) is 0 Å². The van der Waals surface area contributed by atoms with Crippen molar-refractivity contribution in [2.45, 2.75) is 19.1 Å². The second-order valence-electron chi connectivity index (χ2n) is 4.60. The Morgan fingerprint density at radius 2 is 2.20 bits per heavy atom. The van der Waals surface area contributed by atoms with E-state index in [-0.39, 0.29) is 6.61 Å². The summed E-state index contributed by atoms with van der Waals surface area (Å²) >= 11 is 6.00. The van der Waals surface area contributed by atoms with E-state index in [1.807, 2.05) is 24.3 Å². The highest BCUT2D eigenvalue weighted by Crippen LogP contribution is 2.15. The Bertz CT molecular complexity index is 417. The summed E-state index contributed by atoms with van der Waals surface area (Å²) in [4.78, 5) is 0. The standard InChI is InChI=1S/C14H22ClNO3S/c1-20(18)8-4-7-16-9-13(17)11-19-10-12-5-2-3-6-14(12)15/h2-3,5-6,13,16-17H,4,7-11H2,1H3. The normalized spacial score (nSPS) is 14.2. The molecule has 4 nitrogen and oxygen atoms in total. The van der Waals surface area contributed by atoms with Crippen LogP contribution < -0.4 is 5.32 Å². The van der Waals surface area contributed by atoms with E-state index in [1.54, 1.807) is 6.26 Å². The molecule has 0 radical (unpaired) electrons. The number of hydrogen-bond donors (Lipinski definition) is 2. The molecule has 2 unspecified atom stereocenters. The molecular weight excluding hydrogens is 298 g/mol. The molecule has 0 aliphatic heterocycles. The minimum Gasteiger partial charge on any atom is -0.389 e. The van der Waals surface area contributed by atoms with Gasteiger partial charge in [0.15, 0.2) is 0 Å². The van der Waals surface area contributed by atoms with Gasteiger partial charge in [0, 0.05) is 34.4 Å². The van der Waals surface area contributed by atoms with Gasteiger partial charge in [0.05, 0.1) is 19.3 Å². The fourth-order valence-corrected chi connectivity index (χ4v) is 2.39. The van der Waals surface area contributed by atoms with Crippen LogP contribution in [0.4, 0.5) is 0 Å². The zero-order chi connectivity index (χ0) is 14.8. The fourth-order valence-electron chi connectivity index (χ4n) is 1.65. The van der Waals surface area contributed by atoms with Crippen molar-refractivity contribution >= 4 is 22.4 Å². The van der Waals surface area contributed by atoms with Crippen molar-refractivity contribution in [3.8, 4) is 0 Å². The number of nitrogens with one attached hydrogen (secondary N) is 1. The minimum absolute atomic E-state index is 0.262. The highest BCUT2D eigenvalue weighted by molar-refractivity contribution is 7.84. The third-order valence-electron chi connectivity index (χ3n) is 2.69. The molecule has 0 fully saturated rings. The van der Waals surface area contributed by atoms with Crippen molar-refractivity contribution in [3.63, 3.8) is 0 Å². The Morgan fingerprint density at radius 3 is 2.90 bits per heavy atom. The summed E-state index contributed by atoms with van der Waals surface area (Å²) in [7, 11) is -0.748. The average molecular weight is 320 g/mol. The number of rotatable bonds is 10. The van der Waals surface area contributed by atoms with Gasteiger partial charge >= 0.3 is 0 Å². The number of hydrogen-bond acceptors (Lipinski definition) is 4. The van der Waals surface area contributed by atoms with Crippen molar-refractivity contribution in [2.24, 2.45) is 0 Å². The summed E-state index contributed by atoms with van der Waals surface area (Å²) in [6, 6.07) is 7.49. The molecule has 114 valence electrons. The third-order valence-corrected chi connectivity index (χ3v) is 3.92. The number of ether oxygens (including phenoxy) is 1. The van der Waals surface area contributed by atoms with E-state index in [0.29, 0.717) is 23.9 Å². The molecule has 1 aromatic rings. The molecule has 0 heterocycles. The maximum absolute atomic E-state index is 10.8. The Labute approximate surface area is 127 Å². The Balaban J connectivity index is 2.07. The van der Waals surface area contributed by atoms with Crippen LogP contribution in [-0.4, -0.2) is 47.1 Å². The van der Waals surface area contributed by atoms with Crippen LogP contribution in [0.3, 0.4) is 0 Å². The lowest BCUT2D eigenvalue weighted by molar-refractivity contribution is 0.0290. The van der Waals surface area contributed by atoms with Gasteiger partial charge in [0.1, 0.15) is 0 Å². The van der Waals surface area contributed by atoms with Crippen molar-refractivity contribution in [1.29, 1.82) is 0 Å². The van der Waals surface area contributed by atoms with Crippen LogP contribution in [0.25, 0.3) is 0 Å². The average Bonchev–Trinajstić information content (AvgIpc) is 2.40. The van der Waals surface area contributed by atoms with Crippen molar-refractivity contribution in [2.75, 3.05) is 31.7 Å². The molecular formula is C14H22ClNO3S. The molecule has 1 rings (SSSR count). The summed E-state index contributed by atoms with van der Waals surface area (Å²) in [6.07, 6.45) is 1.98. The monoisotopic (exact) mass is 319 g/mol. The lowest BCUT2D eigenvalue weighted by Crippen LogP contribution is -2.31. The molecule has 2 N–H and O–H groups in total. The van der Waals surface area contributed by atoms with E-state index < -0.39 is 16.9 Å². The van der Waals surface area contributed by atoms with Crippen LogP contribution in [0.5, 0.6) is 0 Å². The van der Waals surface area contributed by atoms with E-state index >= 15 is 0 Å². The van der Waals surface area contributed by atoms with Gasteiger partial charge < -0.3 is 15.2 Å². The molecule has 0 aliphatic carbocycles. The summed E-state index contributed by atoms with van der Waals surface area (Å²) < 4.78 is 16.3. The van der Waals surface area contributed by atoms with Crippen LogP contribution in [0.1, 0.15) is 12.0 Å². The molecule has 0 aliphatic rings. The topological polar surface area (TPSA) is 58.6 Å². The lowest BCUT2D eigenvalue weighted by Gasteiger charge is -2.12. The summed E-state index contributed by atoms with van der Waals surface area (Å²) in [5.74, 6) is 0.687. The van der Waals surface area contributed by atoms with E-state index in [0.717, 1.165) is 18.5 Å². The minimum atomic E-state index is -0.748. The van der Waals surface area contributed by atoms with Gasteiger partial charge in [-0.15, -0.1) is 0 Å². The highest BCUT2D eigenvalue weighted by atomic mass is 35.5. The van der Waals surface area contributed by atoms with Crippen LogP contribution in [0, 0.1) is 0 Å². The SMILES string of the molecule is CS(=O)CCCNCC(O)COCc1ccccc1Cl. The Hall–Kier alpha value is -0.460. The molecule has 0 bridgehead atoms. The predicted octanol–water partition coefficient (Wildman–Crippen LogP) is 1.58. The quantitative estimate of drug-likeness (QED) is 0.643. The van der Waals surface area contributed by atoms with E-state index in [1.165, 1.54) is 0 Å². The van der Waals surface area contributed by atoms with Crippen LogP contribution >= 0.6 is 11.6 Å². The zero-order valence-corrected chi connectivity index (χ0v) is 13.3. The number of halogens is 1. The number of benzene rings is 1. The first-order valence-electron chi connectivity index (χ1n) is 6.59. The smallest absolute Gasteiger partial charge is 0.0897 e. The van der Waals surface area contributed by atoms with Gasteiger partial charge in [-0.05, 0) is 24.6 Å². The van der Waals surface area contributed by atoms with Gasteiger partial charge in [-0.1, -0.05) is 29.8 Å². The van der Waals surface area contributed by atoms with Gasteiger partial charge in [-0.2, -0.15) is 0 Å². The van der Waals surface area contributed by atoms with Crippen molar-refractivity contribution in [1.82, 2.24) is 5.32 Å².